The molecule has 7 heteroatoms. The van der Waals surface area contributed by atoms with Crippen LogP contribution in [-0.2, 0) is 4.79 Å². The summed E-state index contributed by atoms with van der Waals surface area (Å²) in [6, 6.07) is 1.69. The monoisotopic (exact) mass is 306 g/mol. The third-order valence-electron chi connectivity index (χ3n) is 4.40. The van der Waals surface area contributed by atoms with Crippen LogP contribution >= 0.6 is 0 Å². The molecule has 1 unspecified atom stereocenters. The number of nitrogens with zero attached hydrogens (tertiary/aromatic N) is 2. The highest BCUT2D eigenvalue weighted by Crippen LogP contribution is 2.35. The molecule has 1 atom stereocenters. The van der Waals surface area contributed by atoms with Gasteiger partial charge in [-0.3, -0.25) is 14.7 Å². The summed E-state index contributed by atoms with van der Waals surface area (Å²) in [5, 5.41) is 19.5. The molecule has 2 heterocycles. The fourth-order valence-corrected chi connectivity index (χ4v) is 2.63. The average molecular weight is 306 g/mol. The standard InChI is InChI=1S/C15H22N4O3/c1-9(2)11-7-12(18-17-11)13(20)19-6-3-10(8-19)16-14(21)15(22)4-5-15/h7,9-10,22H,3-6,8H2,1-2H3,(H,16,21)(H,17,18). The smallest absolute Gasteiger partial charge is 0.274 e. The van der Waals surface area contributed by atoms with E-state index in [1.165, 1.54) is 0 Å². The number of hydrogen-bond acceptors (Lipinski definition) is 4. The van der Waals surface area contributed by atoms with Crippen molar-refractivity contribution in [1.82, 2.24) is 20.4 Å². The van der Waals surface area contributed by atoms with E-state index in [1.54, 1.807) is 11.0 Å². The van der Waals surface area contributed by atoms with Crippen LogP contribution in [0.25, 0.3) is 0 Å². The number of amides is 2. The normalized spacial score (nSPS) is 22.9. The van der Waals surface area contributed by atoms with E-state index in [4.69, 9.17) is 0 Å². The number of H-pyrrole nitrogens is 1. The number of carbonyl (C=O) groups is 2. The molecule has 1 saturated heterocycles. The molecule has 1 aromatic heterocycles. The van der Waals surface area contributed by atoms with Crippen LogP contribution in [0.5, 0.6) is 0 Å². The van der Waals surface area contributed by atoms with Crippen LogP contribution in [0.2, 0.25) is 0 Å². The summed E-state index contributed by atoms with van der Waals surface area (Å²) in [6.45, 7) is 5.12. The van der Waals surface area contributed by atoms with Crippen molar-refractivity contribution in [2.45, 2.75) is 50.7 Å². The predicted octanol–water partition coefficient (Wildman–Crippen LogP) is 0.389. The first-order chi connectivity index (χ1) is 10.4. The van der Waals surface area contributed by atoms with Crippen LogP contribution < -0.4 is 5.32 Å². The second-order valence-electron chi connectivity index (χ2n) is 6.61. The molecule has 2 amide bonds. The van der Waals surface area contributed by atoms with Crippen LogP contribution in [0.1, 0.15) is 55.2 Å². The number of hydrogen-bond donors (Lipinski definition) is 3. The van der Waals surface area contributed by atoms with Crippen molar-refractivity contribution in [3.63, 3.8) is 0 Å². The molecular weight excluding hydrogens is 284 g/mol. The zero-order valence-electron chi connectivity index (χ0n) is 12.9. The summed E-state index contributed by atoms with van der Waals surface area (Å²) < 4.78 is 0. The van der Waals surface area contributed by atoms with E-state index in [-0.39, 0.29) is 17.9 Å². The van der Waals surface area contributed by atoms with Crippen LogP contribution in [0.15, 0.2) is 6.07 Å². The Kier molecular flexibility index (Phi) is 3.68. The van der Waals surface area contributed by atoms with Gasteiger partial charge in [-0.2, -0.15) is 5.10 Å². The Morgan fingerprint density at radius 1 is 1.50 bits per heavy atom. The lowest BCUT2D eigenvalue weighted by Gasteiger charge is -2.17. The van der Waals surface area contributed by atoms with Crippen molar-refractivity contribution >= 4 is 11.8 Å². The van der Waals surface area contributed by atoms with E-state index in [2.05, 4.69) is 15.5 Å². The van der Waals surface area contributed by atoms with Crippen LogP contribution in [0.4, 0.5) is 0 Å². The van der Waals surface area contributed by atoms with Gasteiger partial charge < -0.3 is 15.3 Å². The second-order valence-corrected chi connectivity index (χ2v) is 6.61. The Balaban J connectivity index is 1.57. The largest absolute Gasteiger partial charge is 0.380 e. The summed E-state index contributed by atoms with van der Waals surface area (Å²) in [4.78, 5) is 25.9. The maximum absolute atomic E-state index is 12.4. The lowest BCUT2D eigenvalue weighted by Crippen LogP contribution is -2.44. The zero-order valence-corrected chi connectivity index (χ0v) is 12.9. The fourth-order valence-electron chi connectivity index (χ4n) is 2.63. The molecule has 0 spiro atoms. The minimum absolute atomic E-state index is 0.0930. The van der Waals surface area contributed by atoms with Crippen molar-refractivity contribution in [2.24, 2.45) is 0 Å². The van der Waals surface area contributed by atoms with E-state index in [0.29, 0.717) is 44.0 Å². The summed E-state index contributed by atoms with van der Waals surface area (Å²) >= 11 is 0. The lowest BCUT2D eigenvalue weighted by molar-refractivity contribution is -0.132. The first kappa shape index (κ1) is 15.0. The van der Waals surface area contributed by atoms with Crippen LogP contribution in [0, 0.1) is 0 Å². The number of rotatable bonds is 4. The van der Waals surface area contributed by atoms with Gasteiger partial charge in [-0.25, -0.2) is 0 Å². The van der Waals surface area contributed by atoms with Crippen molar-refractivity contribution < 1.29 is 14.7 Å². The van der Waals surface area contributed by atoms with Gasteiger partial charge in [-0.1, -0.05) is 13.8 Å². The number of aromatic nitrogens is 2. The van der Waals surface area contributed by atoms with E-state index >= 15 is 0 Å². The van der Waals surface area contributed by atoms with Gasteiger partial charge in [0.05, 0.1) is 0 Å². The Bertz CT molecular complexity index is 591. The molecule has 1 aromatic rings. The molecule has 2 fully saturated rings. The third kappa shape index (κ3) is 2.85. The van der Waals surface area contributed by atoms with E-state index in [9.17, 15) is 14.7 Å². The highest BCUT2D eigenvalue weighted by Gasteiger charge is 2.48. The second kappa shape index (κ2) is 5.39. The molecule has 1 saturated carbocycles. The SMILES string of the molecule is CC(C)c1cc(C(=O)N2CCC(NC(=O)C3(O)CC3)C2)n[nH]1. The number of nitrogens with one attached hydrogen (secondary N) is 2. The molecule has 0 aromatic carbocycles. The van der Waals surface area contributed by atoms with E-state index < -0.39 is 5.60 Å². The van der Waals surface area contributed by atoms with Crippen molar-refractivity contribution in [2.75, 3.05) is 13.1 Å². The molecule has 120 valence electrons. The van der Waals surface area contributed by atoms with Crippen LogP contribution in [0.3, 0.4) is 0 Å². The van der Waals surface area contributed by atoms with Gasteiger partial charge in [0.1, 0.15) is 11.3 Å². The number of aliphatic hydroxyl groups is 1. The summed E-state index contributed by atoms with van der Waals surface area (Å²) in [6.07, 6.45) is 1.76. The van der Waals surface area contributed by atoms with E-state index in [0.717, 1.165) is 5.69 Å². The zero-order chi connectivity index (χ0) is 15.9. The molecule has 0 radical (unpaired) electrons. The molecule has 2 aliphatic rings. The van der Waals surface area contributed by atoms with Crippen molar-refractivity contribution in [3.05, 3.63) is 17.5 Å². The molecule has 1 aliphatic heterocycles. The Hall–Kier alpha value is -1.89. The summed E-state index contributed by atoms with van der Waals surface area (Å²) in [5.41, 5.74) is 0.186. The number of carbonyl (C=O) groups excluding carboxylic acids is 2. The first-order valence-electron chi connectivity index (χ1n) is 7.77. The predicted molar refractivity (Wildman–Crippen MR) is 79.3 cm³/mol. The van der Waals surface area contributed by atoms with Gasteiger partial charge in [0.25, 0.3) is 11.8 Å². The number of likely N-dealkylation sites (tertiary alicyclic amines) is 1. The number of aromatic amines is 1. The molecule has 7 nitrogen and oxygen atoms in total. The van der Waals surface area contributed by atoms with E-state index in [1.807, 2.05) is 13.8 Å². The van der Waals surface area contributed by atoms with Gasteiger partial charge in [0, 0.05) is 24.8 Å². The quantitative estimate of drug-likeness (QED) is 0.749. The molecule has 22 heavy (non-hydrogen) atoms. The van der Waals surface area contributed by atoms with Gasteiger partial charge in [-0.05, 0) is 31.2 Å². The summed E-state index contributed by atoms with van der Waals surface area (Å²) in [7, 11) is 0. The van der Waals surface area contributed by atoms with Crippen molar-refractivity contribution in [3.8, 4) is 0 Å². The van der Waals surface area contributed by atoms with Gasteiger partial charge in [0.15, 0.2) is 0 Å². The molecule has 3 rings (SSSR count). The maximum atomic E-state index is 12.4. The lowest BCUT2D eigenvalue weighted by atomic mass is 10.1. The fraction of sp³-hybridized carbons (Fsp3) is 0.667. The highest BCUT2D eigenvalue weighted by atomic mass is 16.3. The molecule has 3 N–H and O–H groups in total. The maximum Gasteiger partial charge on any atom is 0.274 e. The van der Waals surface area contributed by atoms with Crippen LogP contribution in [-0.4, -0.2) is 56.8 Å². The molecule has 1 aliphatic carbocycles. The van der Waals surface area contributed by atoms with Gasteiger partial charge >= 0.3 is 0 Å². The highest BCUT2D eigenvalue weighted by molar-refractivity contribution is 5.93. The van der Waals surface area contributed by atoms with Gasteiger partial charge in [0.2, 0.25) is 0 Å². The summed E-state index contributed by atoms with van der Waals surface area (Å²) in [5.74, 6) is -0.141. The minimum atomic E-state index is -1.16. The molecular formula is C15H22N4O3. The van der Waals surface area contributed by atoms with Crippen molar-refractivity contribution in [1.29, 1.82) is 0 Å². The van der Waals surface area contributed by atoms with Gasteiger partial charge in [-0.15, -0.1) is 0 Å². The Morgan fingerprint density at radius 2 is 2.23 bits per heavy atom. The Morgan fingerprint density at radius 3 is 2.82 bits per heavy atom. The topological polar surface area (TPSA) is 98.3 Å². The minimum Gasteiger partial charge on any atom is -0.380 e. The Labute approximate surface area is 129 Å². The first-order valence-corrected chi connectivity index (χ1v) is 7.77. The third-order valence-corrected chi connectivity index (χ3v) is 4.40. The molecule has 0 bridgehead atoms. The average Bonchev–Trinajstić information content (AvgIpc) is 2.95.